The number of hydrogen-bond acceptors (Lipinski definition) is 1. The van der Waals surface area contributed by atoms with Gasteiger partial charge in [0.05, 0.1) is 0 Å². The third-order valence-corrected chi connectivity index (χ3v) is 1.99. The van der Waals surface area contributed by atoms with Crippen LogP contribution in [0.5, 0.6) is 0 Å². The summed E-state index contributed by atoms with van der Waals surface area (Å²) in [5.41, 5.74) is 0. The van der Waals surface area contributed by atoms with Gasteiger partial charge in [0.2, 0.25) is 5.91 Å². The molecule has 0 aromatic heterocycles. The first-order valence-corrected chi connectivity index (χ1v) is 4.35. The van der Waals surface area contributed by atoms with Crippen molar-refractivity contribution in [3.63, 3.8) is 0 Å². The van der Waals surface area contributed by atoms with Crippen molar-refractivity contribution < 1.29 is 4.79 Å². The van der Waals surface area contributed by atoms with E-state index >= 15 is 0 Å². The normalized spacial score (nSPS) is 13.2. The molecule has 0 aliphatic rings. The fourth-order valence-corrected chi connectivity index (χ4v) is 1.26. The highest BCUT2D eigenvalue weighted by Crippen LogP contribution is 2.16. The SMILES string of the molecule is CCC[C@@H](C(=O)NC)C(C)C. The van der Waals surface area contributed by atoms with Gasteiger partial charge in [-0.3, -0.25) is 4.79 Å². The second kappa shape index (κ2) is 5.16. The Bertz CT molecular complexity index is 121. The maximum absolute atomic E-state index is 11.2. The largest absolute Gasteiger partial charge is 0.359 e. The standard InChI is InChI=1S/C9H19NO/c1-5-6-8(7(2)3)9(11)10-4/h7-8H,5-6H2,1-4H3,(H,10,11)/t8-/m1/s1. The first-order valence-electron chi connectivity index (χ1n) is 4.35. The van der Waals surface area contributed by atoms with Crippen LogP contribution in [0.3, 0.4) is 0 Å². The molecule has 0 rings (SSSR count). The molecule has 11 heavy (non-hydrogen) atoms. The monoisotopic (exact) mass is 157 g/mol. The Morgan fingerprint density at radius 2 is 2.00 bits per heavy atom. The molecule has 0 aliphatic heterocycles. The molecule has 2 heteroatoms. The van der Waals surface area contributed by atoms with Gasteiger partial charge in [-0.2, -0.15) is 0 Å². The van der Waals surface area contributed by atoms with E-state index in [0.717, 1.165) is 12.8 Å². The molecule has 0 saturated carbocycles. The second-order valence-electron chi connectivity index (χ2n) is 3.25. The van der Waals surface area contributed by atoms with Crippen molar-refractivity contribution in [2.24, 2.45) is 11.8 Å². The molecule has 0 aromatic carbocycles. The highest BCUT2D eigenvalue weighted by atomic mass is 16.1. The highest BCUT2D eigenvalue weighted by molar-refractivity contribution is 5.78. The minimum Gasteiger partial charge on any atom is -0.359 e. The number of hydrogen-bond donors (Lipinski definition) is 1. The van der Waals surface area contributed by atoms with E-state index in [2.05, 4.69) is 26.1 Å². The Hall–Kier alpha value is -0.530. The third kappa shape index (κ3) is 3.40. The lowest BCUT2D eigenvalue weighted by atomic mass is 9.91. The van der Waals surface area contributed by atoms with Gasteiger partial charge in [-0.05, 0) is 12.3 Å². The van der Waals surface area contributed by atoms with Crippen LogP contribution in [0.4, 0.5) is 0 Å². The molecule has 0 radical (unpaired) electrons. The summed E-state index contributed by atoms with van der Waals surface area (Å²) in [6.45, 7) is 6.30. The van der Waals surface area contributed by atoms with Gasteiger partial charge in [0.25, 0.3) is 0 Å². The van der Waals surface area contributed by atoms with E-state index in [-0.39, 0.29) is 11.8 Å². The average molecular weight is 157 g/mol. The van der Waals surface area contributed by atoms with E-state index < -0.39 is 0 Å². The van der Waals surface area contributed by atoms with Crippen LogP contribution >= 0.6 is 0 Å². The molecule has 0 heterocycles. The molecule has 2 nitrogen and oxygen atoms in total. The van der Waals surface area contributed by atoms with E-state index in [0.29, 0.717) is 5.92 Å². The number of nitrogens with one attached hydrogen (secondary N) is 1. The Balaban J connectivity index is 3.98. The first-order chi connectivity index (χ1) is 5.13. The van der Waals surface area contributed by atoms with Gasteiger partial charge in [0.1, 0.15) is 0 Å². The van der Waals surface area contributed by atoms with Crippen LogP contribution in [0.1, 0.15) is 33.6 Å². The van der Waals surface area contributed by atoms with Crippen LogP contribution in [0, 0.1) is 11.8 Å². The molecule has 0 saturated heterocycles. The van der Waals surface area contributed by atoms with E-state index in [9.17, 15) is 4.79 Å². The summed E-state index contributed by atoms with van der Waals surface area (Å²) in [4.78, 5) is 11.2. The van der Waals surface area contributed by atoms with Crippen molar-refractivity contribution in [3.05, 3.63) is 0 Å². The van der Waals surface area contributed by atoms with Crippen LogP contribution < -0.4 is 5.32 Å². The molecule has 1 atom stereocenters. The lowest BCUT2D eigenvalue weighted by Crippen LogP contribution is -2.30. The minimum absolute atomic E-state index is 0.182. The Morgan fingerprint density at radius 1 is 1.45 bits per heavy atom. The quantitative estimate of drug-likeness (QED) is 0.662. The molecular formula is C9H19NO. The predicted octanol–water partition coefficient (Wildman–Crippen LogP) is 1.80. The van der Waals surface area contributed by atoms with Crippen LogP contribution in [0.15, 0.2) is 0 Å². The van der Waals surface area contributed by atoms with Gasteiger partial charge in [-0.15, -0.1) is 0 Å². The molecule has 0 bridgehead atoms. The van der Waals surface area contributed by atoms with Crippen LogP contribution in [-0.2, 0) is 4.79 Å². The van der Waals surface area contributed by atoms with E-state index in [4.69, 9.17) is 0 Å². The van der Waals surface area contributed by atoms with Gasteiger partial charge in [0.15, 0.2) is 0 Å². The molecule has 0 fully saturated rings. The molecule has 0 aliphatic carbocycles. The molecule has 0 spiro atoms. The summed E-state index contributed by atoms with van der Waals surface area (Å²) >= 11 is 0. The topological polar surface area (TPSA) is 29.1 Å². The summed E-state index contributed by atoms with van der Waals surface area (Å²) in [7, 11) is 1.70. The summed E-state index contributed by atoms with van der Waals surface area (Å²) in [5, 5.41) is 2.69. The van der Waals surface area contributed by atoms with Crippen LogP contribution in [-0.4, -0.2) is 13.0 Å². The summed E-state index contributed by atoms with van der Waals surface area (Å²) in [5.74, 6) is 0.835. The van der Waals surface area contributed by atoms with Crippen molar-refractivity contribution in [1.82, 2.24) is 5.32 Å². The molecule has 1 amide bonds. The molecule has 0 aromatic rings. The molecule has 66 valence electrons. The number of carbonyl (C=O) groups is 1. The summed E-state index contributed by atoms with van der Waals surface area (Å²) < 4.78 is 0. The van der Waals surface area contributed by atoms with Crippen molar-refractivity contribution >= 4 is 5.91 Å². The minimum atomic E-state index is 0.182. The number of carbonyl (C=O) groups excluding carboxylic acids is 1. The zero-order valence-corrected chi connectivity index (χ0v) is 7.98. The smallest absolute Gasteiger partial charge is 0.223 e. The maximum Gasteiger partial charge on any atom is 0.223 e. The second-order valence-corrected chi connectivity index (χ2v) is 3.25. The lowest BCUT2D eigenvalue weighted by molar-refractivity contribution is -0.126. The van der Waals surface area contributed by atoms with Gasteiger partial charge in [0, 0.05) is 13.0 Å². The van der Waals surface area contributed by atoms with Gasteiger partial charge < -0.3 is 5.32 Å². The fourth-order valence-electron chi connectivity index (χ4n) is 1.26. The maximum atomic E-state index is 11.2. The Labute approximate surface area is 69.4 Å². The van der Waals surface area contributed by atoms with Crippen molar-refractivity contribution in [2.45, 2.75) is 33.6 Å². The van der Waals surface area contributed by atoms with Gasteiger partial charge in [-0.1, -0.05) is 27.2 Å². The lowest BCUT2D eigenvalue weighted by Gasteiger charge is -2.17. The zero-order chi connectivity index (χ0) is 8.85. The molecule has 1 N–H and O–H groups in total. The molecular weight excluding hydrogens is 138 g/mol. The van der Waals surface area contributed by atoms with E-state index in [1.54, 1.807) is 7.05 Å². The van der Waals surface area contributed by atoms with Crippen molar-refractivity contribution in [2.75, 3.05) is 7.05 Å². The Morgan fingerprint density at radius 3 is 2.27 bits per heavy atom. The Kier molecular flexibility index (Phi) is 4.92. The van der Waals surface area contributed by atoms with E-state index in [1.165, 1.54) is 0 Å². The highest BCUT2D eigenvalue weighted by Gasteiger charge is 2.19. The fraction of sp³-hybridized carbons (Fsp3) is 0.889. The summed E-state index contributed by atoms with van der Waals surface area (Å²) in [6, 6.07) is 0. The first kappa shape index (κ1) is 10.5. The van der Waals surface area contributed by atoms with Gasteiger partial charge in [-0.25, -0.2) is 0 Å². The zero-order valence-electron chi connectivity index (χ0n) is 7.98. The third-order valence-electron chi connectivity index (χ3n) is 1.99. The predicted molar refractivity (Wildman–Crippen MR) is 47.3 cm³/mol. The van der Waals surface area contributed by atoms with E-state index in [1.807, 2.05) is 0 Å². The van der Waals surface area contributed by atoms with Crippen molar-refractivity contribution in [3.8, 4) is 0 Å². The number of rotatable bonds is 4. The van der Waals surface area contributed by atoms with Crippen LogP contribution in [0.25, 0.3) is 0 Å². The molecule has 0 unspecified atom stereocenters. The number of amides is 1. The van der Waals surface area contributed by atoms with Crippen LogP contribution in [0.2, 0.25) is 0 Å². The van der Waals surface area contributed by atoms with Crippen molar-refractivity contribution in [1.29, 1.82) is 0 Å². The van der Waals surface area contributed by atoms with Gasteiger partial charge >= 0.3 is 0 Å². The average Bonchev–Trinajstić information content (AvgIpc) is 1.98. The summed E-state index contributed by atoms with van der Waals surface area (Å²) in [6.07, 6.45) is 2.08.